The molecule has 0 unspecified atom stereocenters. The summed E-state index contributed by atoms with van der Waals surface area (Å²) in [6.45, 7) is 0. The Morgan fingerprint density at radius 2 is 2.21 bits per heavy atom. The minimum Gasteiger partial charge on any atom is -0.507 e. The summed E-state index contributed by atoms with van der Waals surface area (Å²) in [6.07, 6.45) is 2.66. The van der Waals surface area contributed by atoms with Crippen LogP contribution in [0.1, 0.15) is 5.56 Å². The molecule has 0 amide bonds. The van der Waals surface area contributed by atoms with Crippen LogP contribution < -0.4 is 11.0 Å². The Bertz CT molecular complexity index is 685. The first-order chi connectivity index (χ1) is 9.08. The second kappa shape index (κ2) is 5.73. The molecule has 0 atom stereocenters. The van der Waals surface area contributed by atoms with Gasteiger partial charge in [-0.15, -0.1) is 0 Å². The quantitative estimate of drug-likeness (QED) is 0.599. The van der Waals surface area contributed by atoms with Gasteiger partial charge in [0, 0.05) is 10.6 Å². The summed E-state index contributed by atoms with van der Waals surface area (Å²) in [7, 11) is 0. The van der Waals surface area contributed by atoms with Crippen molar-refractivity contribution in [2.75, 3.05) is 5.43 Å². The molecule has 8 heteroatoms. The van der Waals surface area contributed by atoms with Crippen LogP contribution in [0.25, 0.3) is 0 Å². The van der Waals surface area contributed by atoms with Crippen molar-refractivity contribution >= 4 is 35.1 Å². The number of anilines is 1. The molecule has 6 nitrogen and oxygen atoms in total. The molecule has 0 saturated heterocycles. The molecule has 0 aliphatic heterocycles. The van der Waals surface area contributed by atoms with Crippen molar-refractivity contribution in [3.8, 4) is 5.75 Å². The fourth-order valence-electron chi connectivity index (χ4n) is 1.26. The van der Waals surface area contributed by atoms with E-state index in [1.165, 1.54) is 18.5 Å². The molecule has 0 saturated carbocycles. The average Bonchev–Trinajstić information content (AvgIpc) is 2.38. The van der Waals surface area contributed by atoms with Crippen molar-refractivity contribution in [1.29, 1.82) is 0 Å². The number of hydrogen-bond donors (Lipinski definition) is 3. The molecule has 1 heterocycles. The Labute approximate surface area is 117 Å². The maximum absolute atomic E-state index is 11.2. The molecule has 19 heavy (non-hydrogen) atoms. The number of nitrogens with one attached hydrogen (secondary N) is 2. The van der Waals surface area contributed by atoms with Gasteiger partial charge in [0.2, 0.25) is 0 Å². The van der Waals surface area contributed by atoms with E-state index >= 15 is 0 Å². The number of aromatic nitrogens is 2. The van der Waals surface area contributed by atoms with E-state index in [0.29, 0.717) is 10.6 Å². The van der Waals surface area contributed by atoms with Crippen LogP contribution in [0, 0.1) is 0 Å². The summed E-state index contributed by atoms with van der Waals surface area (Å²) >= 11 is 11.5. The minimum absolute atomic E-state index is 0.0325. The van der Waals surface area contributed by atoms with Gasteiger partial charge < -0.3 is 5.11 Å². The second-order valence-electron chi connectivity index (χ2n) is 3.50. The average molecular weight is 299 g/mol. The topological polar surface area (TPSA) is 90.4 Å². The molecule has 1 aromatic carbocycles. The number of halogens is 2. The number of nitrogens with zero attached hydrogens (tertiary/aromatic N) is 2. The Morgan fingerprint density at radius 3 is 3.00 bits per heavy atom. The van der Waals surface area contributed by atoms with Crippen LogP contribution in [0.15, 0.2) is 34.3 Å². The van der Waals surface area contributed by atoms with Gasteiger partial charge in [-0.25, -0.2) is 5.10 Å². The number of aromatic amines is 1. The molecule has 0 radical (unpaired) electrons. The van der Waals surface area contributed by atoms with Gasteiger partial charge in [0.25, 0.3) is 5.56 Å². The fourth-order valence-corrected chi connectivity index (χ4v) is 1.58. The Balaban J connectivity index is 2.18. The van der Waals surface area contributed by atoms with E-state index in [-0.39, 0.29) is 16.5 Å². The zero-order valence-corrected chi connectivity index (χ0v) is 10.9. The van der Waals surface area contributed by atoms with Crippen molar-refractivity contribution in [1.82, 2.24) is 10.2 Å². The lowest BCUT2D eigenvalue weighted by Crippen LogP contribution is -2.10. The zero-order valence-electron chi connectivity index (χ0n) is 9.39. The molecule has 0 fully saturated rings. The third kappa shape index (κ3) is 3.24. The lowest BCUT2D eigenvalue weighted by atomic mass is 10.2. The van der Waals surface area contributed by atoms with Crippen molar-refractivity contribution in [2.24, 2.45) is 5.10 Å². The number of rotatable bonds is 3. The Hall–Kier alpha value is -2.05. The number of phenolic OH excluding ortho intramolecular Hbond substituents is 1. The number of hydrogen-bond acceptors (Lipinski definition) is 5. The largest absolute Gasteiger partial charge is 0.507 e. The highest BCUT2D eigenvalue weighted by Gasteiger charge is 2.03. The SMILES string of the molecule is O=c1[nH]ncc(N/N=C/c2cc(Cl)ccc2O)c1Cl. The monoisotopic (exact) mass is 298 g/mol. The maximum atomic E-state index is 11.2. The fraction of sp³-hybridized carbons (Fsp3) is 0. The van der Waals surface area contributed by atoms with Gasteiger partial charge in [-0.2, -0.15) is 10.2 Å². The van der Waals surface area contributed by atoms with Gasteiger partial charge in [-0.05, 0) is 18.2 Å². The van der Waals surface area contributed by atoms with Crippen LogP contribution in [0.4, 0.5) is 5.69 Å². The van der Waals surface area contributed by atoms with Crippen molar-refractivity contribution in [3.63, 3.8) is 0 Å². The molecule has 3 N–H and O–H groups in total. The maximum Gasteiger partial charge on any atom is 0.285 e. The number of phenols is 1. The van der Waals surface area contributed by atoms with Crippen LogP contribution in [0.2, 0.25) is 10.0 Å². The third-order valence-corrected chi connectivity index (χ3v) is 2.78. The number of benzene rings is 1. The van der Waals surface area contributed by atoms with Crippen molar-refractivity contribution in [3.05, 3.63) is 50.4 Å². The lowest BCUT2D eigenvalue weighted by Gasteiger charge is -2.01. The molecule has 0 aliphatic carbocycles. The van der Waals surface area contributed by atoms with Gasteiger partial charge in [-0.1, -0.05) is 23.2 Å². The van der Waals surface area contributed by atoms with Crippen LogP contribution in [0.3, 0.4) is 0 Å². The van der Waals surface area contributed by atoms with Crippen molar-refractivity contribution in [2.45, 2.75) is 0 Å². The summed E-state index contributed by atoms with van der Waals surface area (Å²) in [5.41, 5.74) is 2.71. The molecule has 0 bridgehead atoms. The van der Waals surface area contributed by atoms with Crippen molar-refractivity contribution < 1.29 is 5.11 Å². The predicted molar refractivity (Wildman–Crippen MR) is 74.2 cm³/mol. The third-order valence-electron chi connectivity index (χ3n) is 2.17. The molecule has 2 rings (SSSR count). The lowest BCUT2D eigenvalue weighted by molar-refractivity contribution is 0.474. The first kappa shape index (κ1) is 13.4. The molecule has 2 aromatic rings. The molecule has 0 aliphatic rings. The smallest absolute Gasteiger partial charge is 0.285 e. The molecular formula is C11H8Cl2N4O2. The Kier molecular flexibility index (Phi) is 4.03. The first-order valence-electron chi connectivity index (χ1n) is 5.08. The number of hydrazone groups is 1. The van der Waals surface area contributed by atoms with Gasteiger partial charge in [0.05, 0.1) is 12.4 Å². The van der Waals surface area contributed by atoms with E-state index in [0.717, 1.165) is 0 Å². The van der Waals surface area contributed by atoms with Crippen LogP contribution >= 0.6 is 23.2 Å². The van der Waals surface area contributed by atoms with E-state index < -0.39 is 5.56 Å². The standard InChI is InChI=1S/C11H8Cl2N4O2/c12-7-1-2-9(18)6(3-7)4-14-16-8-5-15-17-11(19)10(8)13/h1-5,18H,(H2,16,17,19)/b14-4+. The second-order valence-corrected chi connectivity index (χ2v) is 4.31. The Morgan fingerprint density at radius 1 is 1.42 bits per heavy atom. The molecule has 1 aromatic heterocycles. The minimum atomic E-state index is -0.521. The van der Waals surface area contributed by atoms with Gasteiger partial charge >= 0.3 is 0 Å². The van der Waals surface area contributed by atoms with Gasteiger partial charge in [0.15, 0.2) is 0 Å². The van der Waals surface area contributed by atoms with E-state index in [2.05, 4.69) is 20.7 Å². The molecule has 0 spiro atoms. The summed E-state index contributed by atoms with van der Waals surface area (Å²) < 4.78 is 0. The highest BCUT2D eigenvalue weighted by atomic mass is 35.5. The molecule has 98 valence electrons. The van der Waals surface area contributed by atoms with Crippen LogP contribution in [-0.4, -0.2) is 21.5 Å². The molecular weight excluding hydrogens is 291 g/mol. The van der Waals surface area contributed by atoms with E-state index in [1.807, 2.05) is 0 Å². The predicted octanol–water partition coefficient (Wildman–Crippen LogP) is 2.23. The highest BCUT2D eigenvalue weighted by Crippen LogP contribution is 2.20. The highest BCUT2D eigenvalue weighted by molar-refractivity contribution is 6.33. The van der Waals surface area contributed by atoms with Gasteiger partial charge in [-0.3, -0.25) is 10.2 Å². The number of H-pyrrole nitrogens is 1. The number of aromatic hydroxyl groups is 1. The van der Waals surface area contributed by atoms with Crippen LogP contribution in [0.5, 0.6) is 5.75 Å². The van der Waals surface area contributed by atoms with E-state index in [1.54, 1.807) is 12.1 Å². The normalized spacial score (nSPS) is 10.8. The van der Waals surface area contributed by atoms with Crippen LogP contribution in [-0.2, 0) is 0 Å². The van der Waals surface area contributed by atoms with E-state index in [4.69, 9.17) is 23.2 Å². The summed E-state index contributed by atoms with van der Waals surface area (Å²) in [5.74, 6) is 0.0325. The summed E-state index contributed by atoms with van der Waals surface area (Å²) in [6, 6.07) is 4.55. The van der Waals surface area contributed by atoms with Gasteiger partial charge in [0.1, 0.15) is 16.5 Å². The zero-order chi connectivity index (χ0) is 13.8. The summed E-state index contributed by atoms with van der Waals surface area (Å²) in [4.78, 5) is 11.2. The summed E-state index contributed by atoms with van der Waals surface area (Å²) in [5, 5.41) is 19.6. The van der Waals surface area contributed by atoms with E-state index in [9.17, 15) is 9.90 Å². The first-order valence-corrected chi connectivity index (χ1v) is 5.84.